The van der Waals surface area contributed by atoms with Gasteiger partial charge in [0.2, 0.25) is 12.2 Å². The molecule has 0 aliphatic heterocycles. The van der Waals surface area contributed by atoms with E-state index in [9.17, 15) is 20.0 Å². The number of aromatic nitrogens is 1. The van der Waals surface area contributed by atoms with Crippen molar-refractivity contribution in [2.45, 2.75) is 40.0 Å². The second-order valence-corrected chi connectivity index (χ2v) is 10.7. The molecule has 1 amide bonds. The normalized spacial score (nSPS) is 12.4. The van der Waals surface area contributed by atoms with E-state index in [-0.39, 0.29) is 34.3 Å². The number of carbonyl (C=O) groups excluding carboxylic acids is 2. The van der Waals surface area contributed by atoms with Crippen LogP contribution in [0.25, 0.3) is 10.9 Å². The molecule has 0 spiro atoms. The number of nitrogens with zero attached hydrogens (tertiary/aromatic N) is 2. The minimum atomic E-state index is -0.342. The van der Waals surface area contributed by atoms with Crippen molar-refractivity contribution in [1.29, 1.82) is 5.26 Å². The van der Waals surface area contributed by atoms with Crippen LogP contribution in [0.2, 0.25) is 10.0 Å². The van der Waals surface area contributed by atoms with Gasteiger partial charge in [0.25, 0.3) is 0 Å². The number of nitriles is 1. The van der Waals surface area contributed by atoms with Crippen LogP contribution in [0, 0.1) is 29.6 Å². The summed E-state index contributed by atoms with van der Waals surface area (Å²) in [6.07, 6.45) is 2.69. The molecule has 1 atom stereocenters. The average Bonchev–Trinajstić information content (AvgIpc) is 3.19. The Morgan fingerprint density at radius 1 is 1.25 bits per heavy atom. The lowest BCUT2D eigenvalue weighted by molar-refractivity contribution is -0.109. The van der Waals surface area contributed by atoms with Gasteiger partial charge in [0, 0.05) is 31.1 Å². The molecule has 190 valence electrons. The number of amides is 1. The average molecular weight is 528 g/mol. The summed E-state index contributed by atoms with van der Waals surface area (Å²) in [5, 5.41) is 23.4. The van der Waals surface area contributed by atoms with Crippen LogP contribution in [0.5, 0.6) is 0 Å². The lowest BCUT2D eigenvalue weighted by Crippen LogP contribution is -2.31. The van der Waals surface area contributed by atoms with Crippen molar-refractivity contribution in [3.63, 3.8) is 0 Å². The Morgan fingerprint density at radius 2 is 1.97 bits per heavy atom. The van der Waals surface area contributed by atoms with Crippen LogP contribution >= 0.6 is 23.2 Å². The second kappa shape index (κ2) is 11.5. The van der Waals surface area contributed by atoms with Crippen LogP contribution in [0.4, 0.5) is 0 Å². The van der Waals surface area contributed by atoms with Gasteiger partial charge >= 0.3 is 0 Å². The third kappa shape index (κ3) is 5.59. The smallest absolute Gasteiger partial charge is 0.212 e. The summed E-state index contributed by atoms with van der Waals surface area (Å²) in [5.41, 5.74) is 3.37. The highest BCUT2D eigenvalue weighted by molar-refractivity contribution is 6.41. The number of halogens is 2. The predicted octanol–water partition coefficient (Wildman–Crippen LogP) is 5.60. The summed E-state index contributed by atoms with van der Waals surface area (Å²) >= 11 is 13.3. The van der Waals surface area contributed by atoms with E-state index in [0.717, 1.165) is 22.0 Å². The number of carbonyl (C=O) groups is 2. The van der Waals surface area contributed by atoms with Gasteiger partial charge in [-0.05, 0) is 72.9 Å². The van der Waals surface area contributed by atoms with Gasteiger partial charge < -0.3 is 15.0 Å². The first-order valence-corrected chi connectivity index (χ1v) is 12.6. The number of aliphatic hydroxyl groups excluding tert-OH is 1. The van der Waals surface area contributed by atoms with Crippen molar-refractivity contribution >= 4 is 46.3 Å². The maximum Gasteiger partial charge on any atom is 0.212 e. The molecule has 1 heterocycles. The van der Waals surface area contributed by atoms with Gasteiger partial charge in [-0.1, -0.05) is 43.1 Å². The van der Waals surface area contributed by atoms with Crippen molar-refractivity contribution in [2.75, 3.05) is 13.2 Å². The van der Waals surface area contributed by atoms with Gasteiger partial charge in [-0.15, -0.1) is 0 Å². The number of aryl methyl sites for hydroxylation is 3. The standard InChI is InChI=1S/C28H31Cl2N3O3/c1-17-11-18(14-31)12-23-21(17)13-24(33(23)4)27(36)25-22(29)8-6-19(26(25)30)5-7-20(9-10-32-16-35)28(2,3)15-34/h6,8,11-13,16,20,34H,5,7,9-10,15H2,1-4H3,(H,32,35). The zero-order valence-corrected chi connectivity index (χ0v) is 22.5. The molecule has 2 N–H and O–H groups in total. The van der Waals surface area contributed by atoms with Gasteiger partial charge in [-0.2, -0.15) is 5.26 Å². The van der Waals surface area contributed by atoms with E-state index in [1.807, 2.05) is 32.9 Å². The molecule has 0 aliphatic carbocycles. The summed E-state index contributed by atoms with van der Waals surface area (Å²) in [7, 11) is 1.79. The Balaban J connectivity index is 1.95. The summed E-state index contributed by atoms with van der Waals surface area (Å²) < 4.78 is 1.77. The number of hydrogen-bond donors (Lipinski definition) is 2. The van der Waals surface area contributed by atoms with E-state index < -0.39 is 0 Å². The Morgan fingerprint density at radius 3 is 2.61 bits per heavy atom. The Kier molecular flexibility index (Phi) is 8.84. The van der Waals surface area contributed by atoms with Crippen molar-refractivity contribution in [2.24, 2.45) is 18.4 Å². The van der Waals surface area contributed by atoms with Crippen LogP contribution in [-0.2, 0) is 18.3 Å². The fourth-order valence-corrected chi connectivity index (χ4v) is 5.35. The summed E-state index contributed by atoms with van der Waals surface area (Å²) in [4.78, 5) is 24.4. The summed E-state index contributed by atoms with van der Waals surface area (Å²) in [5.74, 6) is -0.165. The molecule has 3 rings (SSSR count). The monoisotopic (exact) mass is 527 g/mol. The van der Waals surface area contributed by atoms with Crippen LogP contribution in [0.15, 0.2) is 30.3 Å². The highest BCUT2D eigenvalue weighted by Gasteiger charge is 2.29. The number of aliphatic hydroxyl groups is 1. The zero-order valence-electron chi connectivity index (χ0n) is 21.0. The number of nitrogens with one attached hydrogen (secondary N) is 1. The number of benzene rings is 2. The van der Waals surface area contributed by atoms with Gasteiger partial charge in [-0.3, -0.25) is 9.59 Å². The van der Waals surface area contributed by atoms with E-state index >= 15 is 0 Å². The minimum Gasteiger partial charge on any atom is -0.396 e. The maximum atomic E-state index is 13.7. The van der Waals surface area contributed by atoms with Crippen LogP contribution < -0.4 is 5.32 Å². The Hall–Kier alpha value is -2.85. The molecule has 36 heavy (non-hydrogen) atoms. The van der Waals surface area contributed by atoms with E-state index in [4.69, 9.17) is 23.2 Å². The Bertz CT molecular complexity index is 1340. The van der Waals surface area contributed by atoms with Gasteiger partial charge in [0.15, 0.2) is 0 Å². The third-order valence-electron chi connectivity index (χ3n) is 7.12. The topological polar surface area (TPSA) is 95.1 Å². The van der Waals surface area contributed by atoms with Crippen molar-refractivity contribution in [3.05, 3.63) is 68.3 Å². The van der Waals surface area contributed by atoms with Crippen LogP contribution in [-0.4, -0.2) is 35.0 Å². The molecular weight excluding hydrogens is 497 g/mol. The predicted molar refractivity (Wildman–Crippen MR) is 144 cm³/mol. The molecule has 0 aliphatic rings. The summed E-state index contributed by atoms with van der Waals surface area (Å²) in [6.45, 7) is 6.44. The molecule has 0 fully saturated rings. The first kappa shape index (κ1) is 27.7. The van der Waals surface area contributed by atoms with Gasteiger partial charge in [0.05, 0.1) is 32.9 Å². The number of ketones is 1. The quantitative estimate of drug-likeness (QED) is 0.192. The molecule has 0 saturated heterocycles. The first-order valence-electron chi connectivity index (χ1n) is 11.8. The molecule has 3 aromatic rings. The maximum absolute atomic E-state index is 13.7. The largest absolute Gasteiger partial charge is 0.396 e. The molecule has 2 aromatic carbocycles. The SMILES string of the molecule is Cc1cc(C#N)cc2c1cc(C(=O)c1c(Cl)ccc(CCC(CCNC=O)C(C)(C)CO)c1Cl)n2C. The molecule has 8 heteroatoms. The van der Waals surface area contributed by atoms with E-state index in [1.54, 1.807) is 29.8 Å². The number of fused-ring (bicyclic) bond motifs is 1. The highest BCUT2D eigenvalue weighted by Crippen LogP contribution is 2.36. The molecule has 1 unspecified atom stereocenters. The fourth-order valence-electron chi connectivity index (χ4n) is 4.72. The van der Waals surface area contributed by atoms with Crippen molar-refractivity contribution in [1.82, 2.24) is 9.88 Å². The second-order valence-electron chi connectivity index (χ2n) is 9.89. The summed E-state index contributed by atoms with van der Waals surface area (Å²) in [6, 6.07) is 11.1. The lowest BCUT2D eigenvalue weighted by atomic mass is 9.74. The van der Waals surface area contributed by atoms with Crippen molar-refractivity contribution < 1.29 is 14.7 Å². The minimum absolute atomic E-state index is 0.0187. The molecular formula is C28H31Cl2N3O3. The van der Waals surface area contributed by atoms with Gasteiger partial charge in [-0.25, -0.2) is 0 Å². The fraction of sp³-hybridized carbons (Fsp3) is 0.393. The first-order chi connectivity index (χ1) is 17.0. The molecule has 6 nitrogen and oxygen atoms in total. The highest BCUT2D eigenvalue weighted by atomic mass is 35.5. The molecule has 0 bridgehead atoms. The van der Waals surface area contributed by atoms with Crippen molar-refractivity contribution in [3.8, 4) is 6.07 Å². The third-order valence-corrected chi connectivity index (χ3v) is 7.87. The van der Waals surface area contributed by atoms with E-state index in [0.29, 0.717) is 48.5 Å². The van der Waals surface area contributed by atoms with Gasteiger partial charge in [0.1, 0.15) is 0 Å². The zero-order chi connectivity index (χ0) is 26.6. The molecule has 1 aromatic heterocycles. The Labute approximate surface area is 221 Å². The molecule has 0 radical (unpaired) electrons. The van der Waals surface area contributed by atoms with E-state index in [1.165, 1.54) is 0 Å². The molecule has 0 saturated carbocycles. The number of hydrogen-bond acceptors (Lipinski definition) is 4. The lowest BCUT2D eigenvalue weighted by Gasteiger charge is -2.33. The van der Waals surface area contributed by atoms with Crippen LogP contribution in [0.3, 0.4) is 0 Å². The van der Waals surface area contributed by atoms with E-state index in [2.05, 4.69) is 11.4 Å². The number of rotatable bonds is 11. The van der Waals surface area contributed by atoms with Crippen LogP contribution in [0.1, 0.15) is 59.4 Å².